The third-order valence-electron chi connectivity index (χ3n) is 11.4. The van der Waals surface area contributed by atoms with Crippen LogP contribution in [0.25, 0.3) is 32.8 Å². The van der Waals surface area contributed by atoms with Crippen molar-refractivity contribution in [1.82, 2.24) is 20.2 Å². The third-order valence-corrected chi connectivity index (χ3v) is 11.4. The number of benzene rings is 3. The minimum Gasteiger partial charge on any atom is -0.508 e. The Kier molecular flexibility index (Phi) is 7.06. The maximum atomic E-state index is 16.9. The lowest BCUT2D eigenvalue weighted by molar-refractivity contribution is 0.131. The number of aromatic nitrogens is 2. The molecule has 1 aromatic heterocycles. The average Bonchev–Trinajstić information content (AvgIpc) is 3.30. The third kappa shape index (κ3) is 5.20. The van der Waals surface area contributed by atoms with Crippen LogP contribution in [0.3, 0.4) is 0 Å². The topological polar surface area (TPSA) is 83.0 Å². The van der Waals surface area contributed by atoms with E-state index in [2.05, 4.69) is 15.1 Å². The Morgan fingerprint density at radius 1 is 0.979 bits per heavy atom. The molecule has 1 saturated carbocycles. The van der Waals surface area contributed by atoms with Crippen molar-refractivity contribution in [2.75, 3.05) is 57.4 Å². The molecular weight excluding hydrogens is 600 g/mol. The van der Waals surface area contributed by atoms with E-state index in [0.29, 0.717) is 70.1 Å². The van der Waals surface area contributed by atoms with Crippen LogP contribution in [0.1, 0.15) is 38.2 Å². The first kappa shape index (κ1) is 29.5. The maximum absolute atomic E-state index is 16.9. The summed E-state index contributed by atoms with van der Waals surface area (Å²) in [5, 5.41) is 16.2. The van der Waals surface area contributed by atoms with Crippen LogP contribution >= 0.6 is 0 Å². The number of fused-ring (bicyclic) bond motifs is 5. The SMILES string of the molecule is CCc1c(F)ccc2cc(O)cc(-c3ccc4c(N5CC6CCC(C5)N6)nc(OCC5(CN6CC7COCC7C6)CC5)nc4c3F)c12. The van der Waals surface area contributed by atoms with E-state index >= 15 is 8.78 Å². The number of nitrogens with zero attached hydrogens (tertiary/aromatic N) is 4. The average molecular weight is 642 g/mol. The Bertz CT molecular complexity index is 1860. The summed E-state index contributed by atoms with van der Waals surface area (Å²) in [5.41, 5.74) is 1.43. The normalized spacial score (nSPS) is 26.4. The Morgan fingerprint density at radius 3 is 2.47 bits per heavy atom. The van der Waals surface area contributed by atoms with Crippen molar-refractivity contribution < 1.29 is 23.4 Å². The number of nitrogens with one attached hydrogen (secondary N) is 1. The van der Waals surface area contributed by atoms with Crippen LogP contribution in [0.5, 0.6) is 11.8 Å². The fourth-order valence-electron chi connectivity index (χ4n) is 8.80. The van der Waals surface area contributed by atoms with Gasteiger partial charge in [-0.05, 0) is 78.3 Å². The molecule has 8 nitrogen and oxygen atoms in total. The van der Waals surface area contributed by atoms with Crippen LogP contribution in [0.2, 0.25) is 0 Å². The van der Waals surface area contributed by atoms with Crippen molar-refractivity contribution in [2.24, 2.45) is 17.3 Å². The first-order valence-electron chi connectivity index (χ1n) is 17.2. The lowest BCUT2D eigenvalue weighted by Gasteiger charge is -2.34. The molecule has 1 aliphatic carbocycles. The predicted molar refractivity (Wildman–Crippen MR) is 177 cm³/mol. The Labute approximate surface area is 273 Å². The first-order valence-corrected chi connectivity index (χ1v) is 17.2. The van der Waals surface area contributed by atoms with Gasteiger partial charge in [-0.15, -0.1) is 0 Å². The van der Waals surface area contributed by atoms with Gasteiger partial charge in [-0.2, -0.15) is 9.97 Å². The molecule has 0 radical (unpaired) electrons. The van der Waals surface area contributed by atoms with Gasteiger partial charge in [0.1, 0.15) is 22.9 Å². The number of hydrogen-bond acceptors (Lipinski definition) is 8. The van der Waals surface area contributed by atoms with Crippen LogP contribution in [0.15, 0.2) is 36.4 Å². The molecule has 4 aromatic rings. The fourth-order valence-corrected chi connectivity index (χ4v) is 8.80. The van der Waals surface area contributed by atoms with E-state index < -0.39 is 5.82 Å². The number of aryl methyl sites for hydroxylation is 1. The molecule has 2 bridgehead atoms. The summed E-state index contributed by atoms with van der Waals surface area (Å²) >= 11 is 0. The van der Waals surface area contributed by atoms with Crippen LogP contribution in [0, 0.1) is 28.9 Å². The molecule has 9 rings (SSSR count). The predicted octanol–water partition coefficient (Wildman–Crippen LogP) is 5.67. The van der Waals surface area contributed by atoms with Crippen molar-refractivity contribution in [1.29, 1.82) is 0 Å². The second-order valence-corrected chi connectivity index (χ2v) is 14.7. The van der Waals surface area contributed by atoms with Gasteiger partial charge in [0.05, 0.1) is 19.8 Å². The molecule has 4 atom stereocenters. The summed E-state index contributed by atoms with van der Waals surface area (Å²) < 4.78 is 44.0. The highest BCUT2D eigenvalue weighted by Gasteiger charge is 2.48. The van der Waals surface area contributed by atoms with Crippen molar-refractivity contribution in [3.8, 4) is 22.9 Å². The van der Waals surface area contributed by atoms with Crippen molar-refractivity contribution >= 4 is 27.5 Å². The summed E-state index contributed by atoms with van der Waals surface area (Å²) in [6.07, 6.45) is 4.84. The molecule has 4 aliphatic heterocycles. The first-order chi connectivity index (χ1) is 22.9. The fraction of sp³-hybridized carbons (Fsp3) is 0.514. The van der Waals surface area contributed by atoms with Gasteiger partial charge >= 0.3 is 6.01 Å². The van der Waals surface area contributed by atoms with Crippen molar-refractivity contribution in [3.63, 3.8) is 0 Å². The standard InChI is InChI=1S/C37H41F2N5O3/c1-2-27-31(38)8-3-21-11-26(45)12-30(32(21)27)28-6-7-29-34(33(28)39)41-36(42-35(29)44-15-24-4-5-25(16-44)40-24)47-20-37(9-10-37)19-43-13-22-17-46-18-23(22)14-43/h3,6-8,11-12,22-25,40,45H,2,4-5,9-10,13-20H2,1H3. The number of piperazine rings is 1. The van der Waals surface area contributed by atoms with Gasteiger partial charge in [-0.1, -0.05) is 19.1 Å². The number of ether oxygens (including phenoxy) is 2. The second kappa shape index (κ2) is 11.2. The Hall–Kier alpha value is -3.60. The van der Waals surface area contributed by atoms with Crippen LogP contribution in [-0.2, 0) is 11.2 Å². The highest BCUT2D eigenvalue weighted by Crippen LogP contribution is 2.48. The zero-order chi connectivity index (χ0) is 31.9. The van der Waals surface area contributed by atoms with Crippen LogP contribution < -0.4 is 15.0 Å². The van der Waals surface area contributed by atoms with E-state index in [-0.39, 0.29) is 34.1 Å². The molecule has 5 fully saturated rings. The number of halogens is 2. The van der Waals surface area contributed by atoms with E-state index in [1.807, 2.05) is 13.0 Å². The van der Waals surface area contributed by atoms with Gasteiger partial charge in [-0.3, -0.25) is 0 Å². The molecule has 10 heteroatoms. The zero-order valence-electron chi connectivity index (χ0n) is 26.8. The van der Waals surface area contributed by atoms with E-state index in [0.717, 1.165) is 71.6 Å². The number of likely N-dealkylation sites (tertiary alicyclic amines) is 1. The number of anilines is 1. The molecule has 5 aliphatic rings. The number of hydrogen-bond donors (Lipinski definition) is 2. The maximum Gasteiger partial charge on any atom is 0.319 e. The van der Waals surface area contributed by atoms with Gasteiger partial charge in [0.2, 0.25) is 0 Å². The number of phenols is 1. The monoisotopic (exact) mass is 641 g/mol. The lowest BCUT2D eigenvalue weighted by Crippen LogP contribution is -2.51. The van der Waals surface area contributed by atoms with Gasteiger partial charge in [-0.25, -0.2) is 8.78 Å². The molecule has 5 heterocycles. The molecule has 0 spiro atoms. The zero-order valence-corrected chi connectivity index (χ0v) is 26.8. The minimum absolute atomic E-state index is 0.00626. The molecule has 47 heavy (non-hydrogen) atoms. The van der Waals surface area contributed by atoms with Crippen LogP contribution in [0.4, 0.5) is 14.6 Å². The summed E-state index contributed by atoms with van der Waals surface area (Å²) in [5.74, 6) is 1.08. The molecule has 0 amide bonds. The largest absolute Gasteiger partial charge is 0.508 e. The summed E-state index contributed by atoms with van der Waals surface area (Å²) in [4.78, 5) is 14.5. The highest BCUT2D eigenvalue weighted by atomic mass is 19.1. The lowest BCUT2D eigenvalue weighted by atomic mass is 9.92. The highest BCUT2D eigenvalue weighted by molar-refractivity contribution is 6.03. The minimum atomic E-state index is -0.528. The van der Waals surface area contributed by atoms with Gasteiger partial charge < -0.3 is 29.7 Å². The van der Waals surface area contributed by atoms with Crippen LogP contribution in [-0.4, -0.2) is 84.6 Å². The summed E-state index contributed by atoms with van der Waals surface area (Å²) in [6, 6.07) is 10.7. The number of phenolic OH excluding ortho intramolecular Hbond substituents is 1. The smallest absolute Gasteiger partial charge is 0.319 e. The second-order valence-electron chi connectivity index (χ2n) is 14.7. The Balaban J connectivity index is 1.10. The van der Waals surface area contributed by atoms with Gasteiger partial charge in [0.25, 0.3) is 0 Å². The quantitative estimate of drug-likeness (QED) is 0.255. The van der Waals surface area contributed by atoms with Crippen molar-refractivity contribution in [3.05, 3.63) is 53.6 Å². The number of rotatable bonds is 8. The van der Waals surface area contributed by atoms with E-state index in [9.17, 15) is 5.11 Å². The molecular formula is C37H41F2N5O3. The molecule has 246 valence electrons. The van der Waals surface area contributed by atoms with E-state index in [1.54, 1.807) is 18.2 Å². The van der Waals surface area contributed by atoms with Gasteiger partial charge in [0.15, 0.2) is 5.82 Å². The Morgan fingerprint density at radius 2 is 1.74 bits per heavy atom. The summed E-state index contributed by atoms with van der Waals surface area (Å²) in [6.45, 7) is 8.82. The van der Waals surface area contributed by atoms with Crippen molar-refractivity contribution in [2.45, 2.75) is 51.1 Å². The molecule has 4 unspecified atom stereocenters. The number of aromatic hydroxyl groups is 1. The summed E-state index contributed by atoms with van der Waals surface area (Å²) in [7, 11) is 0. The molecule has 3 aromatic carbocycles. The van der Waals surface area contributed by atoms with E-state index in [1.165, 1.54) is 12.1 Å². The van der Waals surface area contributed by atoms with Gasteiger partial charge in [0, 0.05) is 73.0 Å². The molecule has 4 saturated heterocycles. The van der Waals surface area contributed by atoms with E-state index in [4.69, 9.17) is 19.4 Å². The molecule has 2 N–H and O–H groups in total.